The number of amides is 1. The first-order valence-electron chi connectivity index (χ1n) is 9.50. The summed E-state index contributed by atoms with van der Waals surface area (Å²) in [5.41, 5.74) is 0.462. The molecule has 3 rings (SSSR count). The maximum absolute atomic E-state index is 12.9. The molecular weight excluding hydrogens is 382 g/mol. The highest BCUT2D eigenvalue weighted by atomic mass is 35.5. The third-order valence-electron chi connectivity index (χ3n) is 5.14. The van der Waals surface area contributed by atoms with E-state index in [1.54, 1.807) is 22.8 Å². The second-order valence-corrected chi connectivity index (χ2v) is 8.93. The lowest BCUT2D eigenvalue weighted by Gasteiger charge is -2.29. The smallest absolute Gasteiger partial charge is 0.262 e. The first kappa shape index (κ1) is 20.2. The van der Waals surface area contributed by atoms with E-state index in [1.165, 1.54) is 24.6 Å². The van der Waals surface area contributed by atoms with E-state index in [9.17, 15) is 9.59 Å². The number of nitrogens with zero attached hydrogens (tertiary/aromatic N) is 2. The van der Waals surface area contributed by atoms with Crippen LogP contribution in [0.5, 0.6) is 0 Å². The van der Waals surface area contributed by atoms with Gasteiger partial charge in [0.05, 0.1) is 16.7 Å². The Kier molecular flexibility index (Phi) is 6.48. The number of halogens is 1. The van der Waals surface area contributed by atoms with E-state index < -0.39 is 0 Å². The van der Waals surface area contributed by atoms with Crippen LogP contribution in [0.15, 0.2) is 28.2 Å². The summed E-state index contributed by atoms with van der Waals surface area (Å²) in [6, 6.07) is 5.30. The van der Waals surface area contributed by atoms with Crippen LogP contribution in [0.25, 0.3) is 10.9 Å². The highest BCUT2D eigenvalue weighted by Gasteiger charge is 2.23. The van der Waals surface area contributed by atoms with E-state index in [4.69, 9.17) is 11.6 Å². The summed E-state index contributed by atoms with van der Waals surface area (Å²) in [6.45, 7) is 6.08. The number of carbonyl (C=O) groups excluding carboxylic acids is 1. The van der Waals surface area contributed by atoms with Crippen molar-refractivity contribution in [2.45, 2.75) is 63.7 Å². The van der Waals surface area contributed by atoms with Crippen molar-refractivity contribution in [1.82, 2.24) is 14.9 Å². The van der Waals surface area contributed by atoms with Gasteiger partial charge in [0.25, 0.3) is 5.56 Å². The summed E-state index contributed by atoms with van der Waals surface area (Å²) >= 11 is 7.36. The van der Waals surface area contributed by atoms with Crippen molar-refractivity contribution in [1.29, 1.82) is 0 Å². The molecule has 0 radical (unpaired) electrons. The average molecular weight is 408 g/mol. The summed E-state index contributed by atoms with van der Waals surface area (Å²) in [4.78, 5) is 29.9. The van der Waals surface area contributed by atoms with E-state index in [-0.39, 0.29) is 29.3 Å². The molecule has 1 amide bonds. The Morgan fingerprint density at radius 1 is 1.37 bits per heavy atom. The predicted molar refractivity (Wildman–Crippen MR) is 112 cm³/mol. The van der Waals surface area contributed by atoms with E-state index in [0.717, 1.165) is 12.8 Å². The van der Waals surface area contributed by atoms with Crippen molar-refractivity contribution in [3.63, 3.8) is 0 Å². The minimum atomic E-state index is -0.101. The topological polar surface area (TPSA) is 64.0 Å². The van der Waals surface area contributed by atoms with Gasteiger partial charge < -0.3 is 5.32 Å². The molecule has 0 spiro atoms. The van der Waals surface area contributed by atoms with Gasteiger partial charge in [0.1, 0.15) is 0 Å². The molecule has 27 heavy (non-hydrogen) atoms. The van der Waals surface area contributed by atoms with Crippen molar-refractivity contribution < 1.29 is 4.79 Å². The average Bonchev–Trinajstić information content (AvgIpc) is 2.61. The van der Waals surface area contributed by atoms with Crippen LogP contribution in [0.2, 0.25) is 5.02 Å². The van der Waals surface area contributed by atoms with Crippen LogP contribution in [0.1, 0.15) is 52.5 Å². The number of benzene rings is 1. The Bertz CT molecular complexity index is 897. The first-order chi connectivity index (χ1) is 12.9. The van der Waals surface area contributed by atoms with Crippen LogP contribution in [-0.4, -0.2) is 27.3 Å². The number of hydrogen-bond acceptors (Lipinski definition) is 4. The lowest BCUT2D eigenvalue weighted by atomic mass is 9.86. The Morgan fingerprint density at radius 3 is 2.81 bits per heavy atom. The van der Waals surface area contributed by atoms with Gasteiger partial charge in [-0.3, -0.25) is 14.2 Å². The number of nitrogens with one attached hydrogen (secondary N) is 1. The lowest BCUT2D eigenvalue weighted by Crippen LogP contribution is -2.42. The fourth-order valence-electron chi connectivity index (χ4n) is 3.62. The zero-order valence-corrected chi connectivity index (χ0v) is 17.6. The Balaban J connectivity index is 1.80. The van der Waals surface area contributed by atoms with Gasteiger partial charge in [-0.1, -0.05) is 43.1 Å². The number of fused-ring (bicyclic) bond motifs is 1. The van der Waals surface area contributed by atoms with Crippen molar-refractivity contribution in [2.24, 2.45) is 5.92 Å². The van der Waals surface area contributed by atoms with Crippen LogP contribution in [0.3, 0.4) is 0 Å². The van der Waals surface area contributed by atoms with Crippen molar-refractivity contribution in [2.75, 3.05) is 5.75 Å². The molecule has 1 aromatic carbocycles. The third kappa shape index (κ3) is 4.66. The number of thioether (sulfide) groups is 1. The van der Waals surface area contributed by atoms with Gasteiger partial charge in [0.15, 0.2) is 5.16 Å². The molecule has 1 aromatic heterocycles. The molecule has 1 aliphatic rings. The summed E-state index contributed by atoms with van der Waals surface area (Å²) in [5, 5.41) is 4.78. The SMILES string of the molecule is CC(C)n1c(SCC(=O)N[C@@H]2CCCC[C@@H]2C)nc2cc(Cl)ccc2c1=O. The molecule has 1 N–H and O–H groups in total. The molecule has 0 bridgehead atoms. The van der Waals surface area contributed by atoms with Crippen molar-refractivity contribution in [3.8, 4) is 0 Å². The van der Waals surface area contributed by atoms with Crippen LogP contribution in [0, 0.1) is 5.92 Å². The maximum Gasteiger partial charge on any atom is 0.262 e. The van der Waals surface area contributed by atoms with Gasteiger partial charge in [-0.25, -0.2) is 4.98 Å². The number of aromatic nitrogens is 2. The minimum Gasteiger partial charge on any atom is -0.352 e. The number of hydrogen-bond donors (Lipinski definition) is 1. The normalized spacial score (nSPS) is 20.2. The summed E-state index contributed by atoms with van der Waals surface area (Å²) in [7, 11) is 0. The van der Waals surface area contributed by atoms with Crippen molar-refractivity contribution >= 4 is 40.2 Å². The lowest BCUT2D eigenvalue weighted by molar-refractivity contribution is -0.119. The molecule has 2 atom stereocenters. The highest BCUT2D eigenvalue weighted by molar-refractivity contribution is 7.99. The van der Waals surface area contributed by atoms with Crippen LogP contribution in [-0.2, 0) is 4.79 Å². The van der Waals surface area contributed by atoms with Gasteiger partial charge in [0, 0.05) is 17.1 Å². The molecule has 1 aliphatic carbocycles. The molecule has 0 saturated heterocycles. The second kappa shape index (κ2) is 8.65. The standard InChI is InChI=1S/C20H26ClN3O2S/c1-12(2)24-19(26)15-9-8-14(21)10-17(15)23-20(24)27-11-18(25)22-16-7-5-4-6-13(16)3/h8-10,12-13,16H,4-7,11H2,1-3H3,(H,22,25)/t13-,16+/m0/s1. The fourth-order valence-corrected chi connectivity index (χ4v) is 4.72. The largest absolute Gasteiger partial charge is 0.352 e. The Labute approximate surface area is 168 Å². The zero-order chi connectivity index (χ0) is 19.6. The summed E-state index contributed by atoms with van der Waals surface area (Å²) in [6.07, 6.45) is 4.62. The third-order valence-corrected chi connectivity index (χ3v) is 6.33. The molecule has 1 fully saturated rings. The van der Waals surface area contributed by atoms with Gasteiger partial charge in [-0.05, 0) is 50.8 Å². The molecule has 0 unspecified atom stereocenters. The highest BCUT2D eigenvalue weighted by Crippen LogP contribution is 2.25. The molecule has 0 aliphatic heterocycles. The second-order valence-electron chi connectivity index (χ2n) is 7.55. The van der Waals surface area contributed by atoms with E-state index in [1.807, 2.05) is 13.8 Å². The molecule has 5 nitrogen and oxygen atoms in total. The van der Waals surface area contributed by atoms with E-state index >= 15 is 0 Å². The number of rotatable bonds is 5. The molecule has 146 valence electrons. The summed E-state index contributed by atoms with van der Waals surface area (Å²) in [5.74, 6) is 0.756. The van der Waals surface area contributed by atoms with E-state index in [0.29, 0.717) is 27.0 Å². The van der Waals surface area contributed by atoms with Gasteiger partial charge >= 0.3 is 0 Å². The van der Waals surface area contributed by atoms with Gasteiger partial charge in [-0.2, -0.15) is 0 Å². The predicted octanol–water partition coefficient (Wildman–Crippen LogP) is 4.42. The molecular formula is C20H26ClN3O2S. The Hall–Kier alpha value is -1.53. The van der Waals surface area contributed by atoms with E-state index in [2.05, 4.69) is 17.2 Å². The van der Waals surface area contributed by atoms with Crippen LogP contribution >= 0.6 is 23.4 Å². The molecule has 1 heterocycles. The fraction of sp³-hybridized carbons (Fsp3) is 0.550. The van der Waals surface area contributed by atoms with Crippen LogP contribution in [0.4, 0.5) is 0 Å². The minimum absolute atomic E-state index is 0.00510. The molecule has 7 heteroatoms. The zero-order valence-electron chi connectivity index (χ0n) is 16.0. The number of carbonyl (C=O) groups is 1. The summed E-state index contributed by atoms with van der Waals surface area (Å²) < 4.78 is 1.65. The molecule has 2 aromatic rings. The van der Waals surface area contributed by atoms with Crippen LogP contribution < -0.4 is 10.9 Å². The Morgan fingerprint density at radius 2 is 2.11 bits per heavy atom. The van der Waals surface area contributed by atoms with Gasteiger partial charge in [0.2, 0.25) is 5.91 Å². The van der Waals surface area contributed by atoms with Crippen molar-refractivity contribution in [3.05, 3.63) is 33.6 Å². The maximum atomic E-state index is 12.9. The first-order valence-corrected chi connectivity index (χ1v) is 10.9. The monoisotopic (exact) mass is 407 g/mol. The van der Waals surface area contributed by atoms with Gasteiger partial charge in [-0.15, -0.1) is 0 Å². The molecule has 1 saturated carbocycles. The quantitative estimate of drug-likeness (QED) is 0.588.